The van der Waals surface area contributed by atoms with Gasteiger partial charge in [0.15, 0.2) is 0 Å². The minimum Gasteiger partial charge on any atom is -0.460 e. The molecule has 1 aromatic rings. The molecule has 0 saturated heterocycles. The molecule has 0 aliphatic carbocycles. The average molecular weight is 252 g/mol. The van der Waals surface area contributed by atoms with Gasteiger partial charge < -0.3 is 9.26 Å². The number of hydrogen-bond donors (Lipinski definition) is 0. The summed E-state index contributed by atoms with van der Waals surface area (Å²) in [6.07, 6.45) is -4.55. The second kappa shape index (κ2) is 4.34. The van der Waals surface area contributed by atoms with Gasteiger partial charge in [-0.05, 0) is 25.9 Å². The third-order valence-electron chi connectivity index (χ3n) is 2.13. The molecule has 0 radical (unpaired) electrons. The Morgan fingerprint density at radius 2 is 2.00 bits per heavy atom. The number of alkyl halides is 3. The van der Waals surface area contributed by atoms with Gasteiger partial charge in [0.1, 0.15) is 5.41 Å². The van der Waals surface area contributed by atoms with Crippen molar-refractivity contribution < 1.29 is 27.2 Å². The summed E-state index contributed by atoms with van der Waals surface area (Å²) < 4.78 is 46.9. The lowest BCUT2D eigenvalue weighted by molar-refractivity contribution is -0.186. The lowest BCUT2D eigenvalue weighted by Crippen LogP contribution is -2.36. The molecule has 0 saturated carbocycles. The molecule has 0 atom stereocenters. The Labute approximate surface area is 94.9 Å². The Bertz CT molecular complexity index is 412. The summed E-state index contributed by atoms with van der Waals surface area (Å²) in [4.78, 5) is 14.5. The van der Waals surface area contributed by atoms with Gasteiger partial charge in [-0.1, -0.05) is 0 Å². The van der Waals surface area contributed by atoms with Crippen molar-refractivity contribution in [2.24, 2.45) is 0 Å². The van der Waals surface area contributed by atoms with Crippen LogP contribution in [0, 0.1) is 0 Å². The van der Waals surface area contributed by atoms with Crippen LogP contribution in [0.15, 0.2) is 4.52 Å². The molecule has 0 aliphatic heterocycles. The predicted octanol–water partition coefficient (Wildman–Crippen LogP) is 2.09. The number of aromatic nitrogens is 2. The van der Waals surface area contributed by atoms with E-state index in [4.69, 9.17) is 0 Å². The number of nitrogens with zero attached hydrogens (tertiary/aromatic N) is 2. The van der Waals surface area contributed by atoms with Crippen LogP contribution >= 0.6 is 0 Å². The first-order valence-electron chi connectivity index (χ1n) is 4.78. The van der Waals surface area contributed by atoms with Crippen LogP contribution in [-0.4, -0.2) is 28.9 Å². The maximum Gasteiger partial charge on any atom is 0.402 e. The molecular weight excluding hydrogens is 241 g/mol. The van der Waals surface area contributed by atoms with E-state index in [0.717, 1.165) is 13.8 Å². The summed E-state index contributed by atoms with van der Waals surface area (Å²) in [6.45, 7) is 3.40. The van der Waals surface area contributed by atoms with Gasteiger partial charge in [0, 0.05) is 0 Å². The molecule has 0 bridgehead atoms. The molecule has 5 nitrogen and oxygen atoms in total. The highest BCUT2D eigenvalue weighted by Crippen LogP contribution is 2.39. The van der Waals surface area contributed by atoms with Gasteiger partial charge in [-0.25, -0.2) is 4.79 Å². The fourth-order valence-electron chi connectivity index (χ4n) is 0.877. The van der Waals surface area contributed by atoms with E-state index in [9.17, 15) is 18.0 Å². The first kappa shape index (κ1) is 13.5. The van der Waals surface area contributed by atoms with Crippen LogP contribution in [0.1, 0.15) is 37.3 Å². The van der Waals surface area contributed by atoms with Gasteiger partial charge in [-0.15, -0.1) is 0 Å². The third-order valence-corrected chi connectivity index (χ3v) is 2.13. The topological polar surface area (TPSA) is 65.2 Å². The molecule has 0 unspecified atom stereocenters. The second-order valence-electron chi connectivity index (χ2n) is 3.77. The summed E-state index contributed by atoms with van der Waals surface area (Å²) in [6, 6.07) is 0. The molecule has 1 rings (SSSR count). The molecule has 96 valence electrons. The Kier molecular flexibility index (Phi) is 3.44. The van der Waals surface area contributed by atoms with Gasteiger partial charge in [0.05, 0.1) is 6.61 Å². The summed E-state index contributed by atoms with van der Waals surface area (Å²) >= 11 is 0. The first-order valence-corrected chi connectivity index (χ1v) is 4.78. The van der Waals surface area contributed by atoms with Crippen LogP contribution in [-0.2, 0) is 10.2 Å². The Morgan fingerprint density at radius 3 is 2.47 bits per heavy atom. The first-order chi connectivity index (χ1) is 7.70. The van der Waals surface area contributed by atoms with E-state index in [1.54, 1.807) is 6.92 Å². The minimum absolute atomic E-state index is 0.0748. The van der Waals surface area contributed by atoms with E-state index in [1.807, 2.05) is 0 Å². The third kappa shape index (κ3) is 2.56. The van der Waals surface area contributed by atoms with Crippen molar-refractivity contribution in [3.05, 3.63) is 11.7 Å². The van der Waals surface area contributed by atoms with Crippen LogP contribution in [0.3, 0.4) is 0 Å². The molecule has 0 spiro atoms. The molecule has 1 aromatic heterocycles. The van der Waals surface area contributed by atoms with Crippen LogP contribution < -0.4 is 0 Å². The maximum absolute atomic E-state index is 12.6. The maximum atomic E-state index is 12.6. The highest BCUT2D eigenvalue weighted by atomic mass is 19.4. The Hall–Kier alpha value is -1.60. The normalized spacial score (nSPS) is 12.6. The average Bonchev–Trinajstić information content (AvgIpc) is 2.65. The molecule has 0 N–H and O–H groups in total. The van der Waals surface area contributed by atoms with Gasteiger partial charge in [0.25, 0.3) is 5.82 Å². The highest BCUT2D eigenvalue weighted by Gasteiger charge is 2.52. The smallest absolute Gasteiger partial charge is 0.402 e. The van der Waals surface area contributed by atoms with E-state index < -0.39 is 29.3 Å². The summed E-state index contributed by atoms with van der Waals surface area (Å²) in [5, 5.41) is 3.15. The number of esters is 1. The molecule has 0 fully saturated rings. The summed E-state index contributed by atoms with van der Waals surface area (Å²) in [7, 11) is 0. The standard InChI is InChI=1S/C9H11F3N2O3/c1-4-16-6(15)5-13-7(17-14-5)8(2,3)9(10,11)12/h4H2,1-3H3. The van der Waals surface area contributed by atoms with Crippen molar-refractivity contribution in [3.8, 4) is 0 Å². The number of ether oxygens (including phenoxy) is 1. The van der Waals surface area contributed by atoms with E-state index in [2.05, 4.69) is 19.4 Å². The van der Waals surface area contributed by atoms with Gasteiger partial charge in [-0.3, -0.25) is 0 Å². The molecule has 17 heavy (non-hydrogen) atoms. The molecule has 0 aromatic carbocycles. The van der Waals surface area contributed by atoms with Gasteiger partial charge >= 0.3 is 12.1 Å². The molecule has 8 heteroatoms. The molecule has 0 aliphatic rings. The predicted molar refractivity (Wildman–Crippen MR) is 49.3 cm³/mol. The van der Waals surface area contributed by atoms with Gasteiger partial charge in [0.2, 0.25) is 5.89 Å². The number of carbonyl (C=O) groups excluding carboxylic acids is 1. The van der Waals surface area contributed by atoms with E-state index >= 15 is 0 Å². The van der Waals surface area contributed by atoms with Crippen molar-refractivity contribution in [1.82, 2.24) is 10.1 Å². The van der Waals surface area contributed by atoms with Crippen molar-refractivity contribution in [3.63, 3.8) is 0 Å². The van der Waals surface area contributed by atoms with Crippen molar-refractivity contribution >= 4 is 5.97 Å². The van der Waals surface area contributed by atoms with Crippen LogP contribution in [0.25, 0.3) is 0 Å². The van der Waals surface area contributed by atoms with Crippen molar-refractivity contribution in [1.29, 1.82) is 0 Å². The number of rotatable bonds is 3. The molecule has 0 amide bonds. The Morgan fingerprint density at radius 1 is 1.41 bits per heavy atom. The van der Waals surface area contributed by atoms with Crippen LogP contribution in [0.5, 0.6) is 0 Å². The van der Waals surface area contributed by atoms with Crippen LogP contribution in [0.4, 0.5) is 13.2 Å². The lowest BCUT2D eigenvalue weighted by Gasteiger charge is -2.22. The SMILES string of the molecule is CCOC(=O)c1noc(C(C)(C)C(F)(F)F)n1. The van der Waals surface area contributed by atoms with E-state index in [1.165, 1.54) is 0 Å². The van der Waals surface area contributed by atoms with Crippen molar-refractivity contribution in [2.75, 3.05) is 6.61 Å². The largest absolute Gasteiger partial charge is 0.460 e. The lowest BCUT2D eigenvalue weighted by atomic mass is 9.93. The van der Waals surface area contributed by atoms with Crippen LogP contribution in [0.2, 0.25) is 0 Å². The monoisotopic (exact) mass is 252 g/mol. The second-order valence-corrected chi connectivity index (χ2v) is 3.77. The Balaban J connectivity index is 2.99. The quantitative estimate of drug-likeness (QED) is 0.770. The summed E-state index contributed by atoms with van der Waals surface area (Å²) in [5.41, 5.74) is -2.31. The minimum atomic E-state index is -4.55. The van der Waals surface area contributed by atoms with Gasteiger partial charge in [-0.2, -0.15) is 18.2 Å². The van der Waals surface area contributed by atoms with E-state index in [-0.39, 0.29) is 6.61 Å². The zero-order valence-electron chi connectivity index (χ0n) is 9.46. The molecular formula is C9H11F3N2O3. The highest BCUT2D eigenvalue weighted by molar-refractivity contribution is 5.84. The zero-order valence-corrected chi connectivity index (χ0v) is 9.46. The summed E-state index contributed by atoms with van der Waals surface area (Å²) in [5.74, 6) is -2.10. The fourth-order valence-corrected chi connectivity index (χ4v) is 0.877. The fraction of sp³-hybridized carbons (Fsp3) is 0.667. The van der Waals surface area contributed by atoms with Crippen molar-refractivity contribution in [2.45, 2.75) is 32.4 Å². The number of carbonyl (C=O) groups is 1. The zero-order chi connectivity index (χ0) is 13.3. The molecule has 1 heterocycles. The van der Waals surface area contributed by atoms with E-state index in [0.29, 0.717) is 0 Å². The number of hydrogen-bond acceptors (Lipinski definition) is 5. The number of halogens is 3.